The van der Waals surface area contributed by atoms with E-state index in [1.807, 2.05) is 6.07 Å². The third kappa shape index (κ3) is 5.42. The number of carbonyl (C=O) groups excluding carboxylic acids is 2. The predicted molar refractivity (Wildman–Crippen MR) is 121 cm³/mol. The molecule has 3 rings (SSSR count). The maximum Gasteiger partial charge on any atom is 0.337 e. The number of aliphatic hydroxyl groups is 1. The molecular formula is C23H29N3O6. The van der Waals surface area contributed by atoms with E-state index in [0.717, 1.165) is 31.6 Å². The molecule has 9 nitrogen and oxygen atoms in total. The van der Waals surface area contributed by atoms with E-state index in [9.17, 15) is 14.7 Å². The molecule has 172 valence electrons. The second kappa shape index (κ2) is 10.7. The van der Waals surface area contributed by atoms with Gasteiger partial charge in [-0.1, -0.05) is 0 Å². The molecule has 0 bridgehead atoms. The van der Waals surface area contributed by atoms with E-state index in [-0.39, 0.29) is 6.54 Å². The van der Waals surface area contributed by atoms with E-state index in [1.54, 1.807) is 30.3 Å². The number of methoxy groups -OCH3 is 3. The van der Waals surface area contributed by atoms with Crippen LogP contribution < -0.4 is 25.0 Å². The third-order valence-corrected chi connectivity index (χ3v) is 5.36. The van der Waals surface area contributed by atoms with Crippen molar-refractivity contribution >= 4 is 23.4 Å². The summed E-state index contributed by atoms with van der Waals surface area (Å²) in [5.41, 5.74) is 2.17. The Morgan fingerprint density at radius 3 is 2.47 bits per heavy atom. The number of benzene rings is 2. The molecule has 2 aromatic carbocycles. The third-order valence-electron chi connectivity index (χ3n) is 5.36. The minimum atomic E-state index is -1.01. The quantitative estimate of drug-likeness (QED) is 0.538. The number of rotatable bonds is 8. The normalized spacial score (nSPS) is 13.9. The summed E-state index contributed by atoms with van der Waals surface area (Å²) in [4.78, 5) is 26.7. The van der Waals surface area contributed by atoms with Gasteiger partial charge in [0, 0.05) is 25.2 Å². The average Bonchev–Trinajstić information content (AvgIpc) is 3.36. The van der Waals surface area contributed by atoms with E-state index in [2.05, 4.69) is 15.5 Å². The number of aliphatic hydroxyl groups excluding tert-OH is 1. The molecular weight excluding hydrogens is 414 g/mol. The lowest BCUT2D eigenvalue weighted by Crippen LogP contribution is -2.33. The molecule has 1 saturated heterocycles. The highest BCUT2D eigenvalue weighted by molar-refractivity contribution is 5.97. The van der Waals surface area contributed by atoms with Crippen LogP contribution in [0, 0.1) is 0 Å². The maximum absolute atomic E-state index is 12.6. The number of esters is 1. The Hall–Kier alpha value is -3.46. The second-order valence-corrected chi connectivity index (χ2v) is 7.38. The van der Waals surface area contributed by atoms with Crippen molar-refractivity contribution in [2.24, 2.45) is 0 Å². The number of hydrogen-bond donors (Lipinski definition) is 3. The summed E-state index contributed by atoms with van der Waals surface area (Å²) in [6.07, 6.45) is 1.13. The standard InChI is InChI=1S/C23H29N3O6/c1-30-16-7-9-21(31-2)17(13-16)20(27)14-24-23(29)25-18-12-15(22(28)32-3)6-8-19(18)26-10-4-5-11-26/h6-9,12-13,20,27H,4-5,10-11,14H2,1-3H3,(H2,24,25,29). The van der Waals surface area contributed by atoms with Crippen molar-refractivity contribution in [1.82, 2.24) is 5.32 Å². The monoisotopic (exact) mass is 443 g/mol. The molecule has 1 heterocycles. The minimum absolute atomic E-state index is 0.0505. The van der Waals surface area contributed by atoms with Crippen molar-refractivity contribution in [1.29, 1.82) is 0 Å². The molecule has 1 atom stereocenters. The molecule has 9 heteroatoms. The topological polar surface area (TPSA) is 109 Å². The van der Waals surface area contributed by atoms with Gasteiger partial charge >= 0.3 is 12.0 Å². The van der Waals surface area contributed by atoms with Crippen LogP contribution in [0.25, 0.3) is 0 Å². The number of nitrogens with one attached hydrogen (secondary N) is 2. The molecule has 2 amide bonds. The van der Waals surface area contributed by atoms with Crippen LogP contribution in [0.15, 0.2) is 36.4 Å². The Labute approximate surface area is 187 Å². The number of urea groups is 1. The number of amides is 2. The zero-order valence-electron chi connectivity index (χ0n) is 18.5. The van der Waals surface area contributed by atoms with Crippen LogP contribution in [0.3, 0.4) is 0 Å². The number of anilines is 2. The molecule has 1 fully saturated rings. The lowest BCUT2D eigenvalue weighted by Gasteiger charge is -2.22. The van der Waals surface area contributed by atoms with Crippen molar-refractivity contribution in [3.05, 3.63) is 47.5 Å². The van der Waals surface area contributed by atoms with Gasteiger partial charge in [0.1, 0.15) is 17.6 Å². The first kappa shape index (κ1) is 23.2. The molecule has 1 unspecified atom stereocenters. The first-order chi connectivity index (χ1) is 15.5. The molecule has 32 heavy (non-hydrogen) atoms. The average molecular weight is 444 g/mol. The van der Waals surface area contributed by atoms with Crippen LogP contribution in [0.5, 0.6) is 11.5 Å². The SMILES string of the molecule is COC(=O)c1ccc(N2CCCC2)c(NC(=O)NCC(O)c2cc(OC)ccc2OC)c1. The van der Waals surface area contributed by atoms with Crippen molar-refractivity contribution in [2.45, 2.75) is 18.9 Å². The van der Waals surface area contributed by atoms with Gasteiger partial charge in [-0.2, -0.15) is 0 Å². The van der Waals surface area contributed by atoms with Crippen LogP contribution in [0.4, 0.5) is 16.2 Å². The Morgan fingerprint density at radius 1 is 1.06 bits per heavy atom. The van der Waals surface area contributed by atoms with Crippen LogP contribution in [0.2, 0.25) is 0 Å². The lowest BCUT2D eigenvalue weighted by atomic mass is 10.1. The van der Waals surface area contributed by atoms with Gasteiger partial charge in [0.25, 0.3) is 0 Å². The summed E-state index contributed by atoms with van der Waals surface area (Å²) < 4.78 is 15.3. The Kier molecular flexibility index (Phi) is 7.77. The maximum atomic E-state index is 12.6. The molecule has 3 N–H and O–H groups in total. The number of hydrogen-bond acceptors (Lipinski definition) is 7. The van der Waals surface area contributed by atoms with Gasteiger partial charge in [-0.3, -0.25) is 0 Å². The fourth-order valence-electron chi connectivity index (χ4n) is 3.68. The van der Waals surface area contributed by atoms with Crippen molar-refractivity contribution in [3.63, 3.8) is 0 Å². The molecule has 1 aliphatic heterocycles. The summed E-state index contributed by atoms with van der Waals surface area (Å²) in [7, 11) is 4.35. The molecule has 1 aliphatic rings. The Bertz CT molecular complexity index is 959. The van der Waals surface area contributed by atoms with Gasteiger partial charge in [-0.05, 0) is 49.2 Å². The highest BCUT2D eigenvalue weighted by Crippen LogP contribution is 2.31. The van der Waals surface area contributed by atoms with E-state index in [1.165, 1.54) is 21.3 Å². The number of nitrogens with zero attached hydrogens (tertiary/aromatic N) is 1. The van der Waals surface area contributed by atoms with Gasteiger partial charge in [-0.25, -0.2) is 9.59 Å². The lowest BCUT2D eigenvalue weighted by molar-refractivity contribution is 0.0600. The fourth-order valence-corrected chi connectivity index (χ4v) is 3.68. The van der Waals surface area contributed by atoms with Crippen LogP contribution in [-0.4, -0.2) is 58.1 Å². The van der Waals surface area contributed by atoms with Crippen LogP contribution in [-0.2, 0) is 4.74 Å². The zero-order chi connectivity index (χ0) is 23.1. The Balaban J connectivity index is 1.72. The van der Waals surface area contributed by atoms with E-state index < -0.39 is 18.1 Å². The van der Waals surface area contributed by atoms with Crippen molar-refractivity contribution in [3.8, 4) is 11.5 Å². The largest absolute Gasteiger partial charge is 0.497 e. The van der Waals surface area contributed by atoms with Gasteiger partial charge in [0.2, 0.25) is 0 Å². The summed E-state index contributed by atoms with van der Waals surface area (Å²) in [5.74, 6) is 0.573. The number of ether oxygens (including phenoxy) is 3. The van der Waals surface area contributed by atoms with E-state index >= 15 is 0 Å². The summed E-state index contributed by atoms with van der Waals surface area (Å²) >= 11 is 0. The molecule has 0 saturated carbocycles. The minimum Gasteiger partial charge on any atom is -0.497 e. The molecule has 0 aromatic heterocycles. The summed E-state index contributed by atoms with van der Waals surface area (Å²) in [6.45, 7) is 1.70. The van der Waals surface area contributed by atoms with E-state index in [0.29, 0.717) is 28.3 Å². The Morgan fingerprint density at radius 2 is 1.81 bits per heavy atom. The fraction of sp³-hybridized carbons (Fsp3) is 0.391. The summed E-state index contributed by atoms with van der Waals surface area (Å²) in [5, 5.41) is 16.1. The van der Waals surface area contributed by atoms with Gasteiger partial charge in [-0.15, -0.1) is 0 Å². The highest BCUT2D eigenvalue weighted by Gasteiger charge is 2.20. The smallest absolute Gasteiger partial charge is 0.337 e. The summed E-state index contributed by atoms with van der Waals surface area (Å²) in [6, 6.07) is 9.66. The van der Waals surface area contributed by atoms with Crippen molar-refractivity contribution in [2.75, 3.05) is 51.2 Å². The van der Waals surface area contributed by atoms with Crippen LogP contribution in [0.1, 0.15) is 34.9 Å². The molecule has 0 aliphatic carbocycles. The van der Waals surface area contributed by atoms with Gasteiger partial charge in [0.15, 0.2) is 0 Å². The van der Waals surface area contributed by atoms with Crippen molar-refractivity contribution < 1.29 is 28.9 Å². The molecule has 0 radical (unpaired) electrons. The molecule has 2 aromatic rings. The number of carbonyl (C=O) groups is 2. The molecule has 0 spiro atoms. The van der Waals surface area contributed by atoms with E-state index in [4.69, 9.17) is 14.2 Å². The van der Waals surface area contributed by atoms with Gasteiger partial charge in [0.05, 0.1) is 38.3 Å². The second-order valence-electron chi connectivity index (χ2n) is 7.38. The highest BCUT2D eigenvalue weighted by atomic mass is 16.5. The first-order valence-electron chi connectivity index (χ1n) is 10.4. The van der Waals surface area contributed by atoms with Gasteiger partial charge < -0.3 is 34.9 Å². The predicted octanol–water partition coefficient (Wildman–Crippen LogP) is 2.95. The van der Waals surface area contributed by atoms with Crippen LogP contribution >= 0.6 is 0 Å². The first-order valence-corrected chi connectivity index (χ1v) is 10.4. The zero-order valence-corrected chi connectivity index (χ0v) is 18.5.